The maximum Gasteiger partial charge on any atom is 0.223 e. The van der Waals surface area contributed by atoms with Gasteiger partial charge in [0.05, 0.1) is 0 Å². The summed E-state index contributed by atoms with van der Waals surface area (Å²) >= 11 is 0. The Morgan fingerprint density at radius 3 is 2.61 bits per heavy atom. The summed E-state index contributed by atoms with van der Waals surface area (Å²) in [5.74, 6) is 0.985. The summed E-state index contributed by atoms with van der Waals surface area (Å²) in [6, 6.07) is 0.930. The zero-order chi connectivity index (χ0) is 13.5. The van der Waals surface area contributed by atoms with E-state index in [2.05, 4.69) is 25.7 Å². The monoisotopic (exact) mass is 254 g/mol. The van der Waals surface area contributed by atoms with Crippen LogP contribution in [0.15, 0.2) is 0 Å². The van der Waals surface area contributed by atoms with Gasteiger partial charge >= 0.3 is 0 Å². The van der Waals surface area contributed by atoms with Crippen LogP contribution in [0.25, 0.3) is 0 Å². The van der Waals surface area contributed by atoms with Gasteiger partial charge in [-0.15, -0.1) is 0 Å². The van der Waals surface area contributed by atoms with E-state index in [1.54, 1.807) is 0 Å². The molecule has 3 unspecified atom stereocenters. The molecule has 0 aliphatic carbocycles. The first-order chi connectivity index (χ1) is 8.63. The molecule has 0 radical (unpaired) electrons. The molecule has 1 rings (SSSR count). The van der Waals surface area contributed by atoms with E-state index in [1.165, 1.54) is 12.8 Å². The number of likely N-dealkylation sites (tertiary alicyclic amines) is 1. The lowest BCUT2D eigenvalue weighted by atomic mass is 9.96. The average molecular weight is 254 g/mol. The van der Waals surface area contributed by atoms with Crippen LogP contribution >= 0.6 is 0 Å². The van der Waals surface area contributed by atoms with E-state index in [0.29, 0.717) is 30.3 Å². The summed E-state index contributed by atoms with van der Waals surface area (Å²) in [7, 11) is 0. The Morgan fingerprint density at radius 2 is 2.06 bits per heavy atom. The van der Waals surface area contributed by atoms with Gasteiger partial charge < -0.3 is 10.6 Å². The van der Waals surface area contributed by atoms with E-state index >= 15 is 0 Å². The van der Waals surface area contributed by atoms with Crippen molar-refractivity contribution in [3.05, 3.63) is 0 Å². The Morgan fingerprint density at radius 1 is 1.33 bits per heavy atom. The molecule has 1 saturated heterocycles. The molecule has 2 N–H and O–H groups in total. The van der Waals surface area contributed by atoms with E-state index in [-0.39, 0.29) is 0 Å². The molecule has 3 heteroatoms. The van der Waals surface area contributed by atoms with Crippen molar-refractivity contribution < 1.29 is 4.79 Å². The molecule has 0 aromatic heterocycles. The Labute approximate surface area is 112 Å². The summed E-state index contributed by atoms with van der Waals surface area (Å²) in [5, 5.41) is 0. The first kappa shape index (κ1) is 15.5. The largest absolute Gasteiger partial charge is 0.337 e. The molecular weight excluding hydrogens is 224 g/mol. The van der Waals surface area contributed by atoms with E-state index in [0.717, 1.165) is 32.2 Å². The lowest BCUT2D eigenvalue weighted by Gasteiger charge is -2.28. The fourth-order valence-corrected chi connectivity index (χ4v) is 3.17. The van der Waals surface area contributed by atoms with Crippen LogP contribution in [0, 0.1) is 5.92 Å². The van der Waals surface area contributed by atoms with Crippen molar-refractivity contribution in [2.24, 2.45) is 11.7 Å². The zero-order valence-electron chi connectivity index (χ0n) is 12.3. The van der Waals surface area contributed by atoms with Gasteiger partial charge in [0.1, 0.15) is 0 Å². The van der Waals surface area contributed by atoms with Crippen LogP contribution in [-0.2, 0) is 4.79 Å². The second-order valence-corrected chi connectivity index (χ2v) is 5.68. The smallest absolute Gasteiger partial charge is 0.223 e. The minimum Gasteiger partial charge on any atom is -0.337 e. The fraction of sp³-hybridized carbons (Fsp3) is 0.933. The molecule has 3 atom stereocenters. The van der Waals surface area contributed by atoms with Crippen LogP contribution in [0.5, 0.6) is 0 Å². The lowest BCUT2D eigenvalue weighted by molar-refractivity contribution is -0.134. The van der Waals surface area contributed by atoms with Crippen LogP contribution in [-0.4, -0.2) is 29.4 Å². The standard InChI is InChI=1S/C15H30N2O/c1-4-13(10-11-16)7-9-15(18)17-12(3)6-8-14(17)5-2/h12-14H,4-11,16H2,1-3H3. The first-order valence-corrected chi connectivity index (χ1v) is 7.65. The highest BCUT2D eigenvalue weighted by Gasteiger charge is 2.32. The van der Waals surface area contributed by atoms with Crippen LogP contribution in [0.2, 0.25) is 0 Å². The van der Waals surface area contributed by atoms with Gasteiger partial charge in [-0.3, -0.25) is 4.79 Å². The third-order valence-corrected chi connectivity index (χ3v) is 4.46. The predicted octanol–water partition coefficient (Wildman–Crippen LogP) is 2.93. The lowest BCUT2D eigenvalue weighted by Crippen LogP contribution is -2.39. The molecular formula is C15H30N2O. The number of nitrogens with two attached hydrogens (primary N) is 1. The molecule has 0 saturated carbocycles. The molecule has 3 nitrogen and oxygen atoms in total. The predicted molar refractivity (Wildman–Crippen MR) is 76.3 cm³/mol. The fourth-order valence-electron chi connectivity index (χ4n) is 3.17. The molecule has 0 spiro atoms. The maximum absolute atomic E-state index is 12.3. The van der Waals surface area contributed by atoms with Gasteiger partial charge in [0.15, 0.2) is 0 Å². The second-order valence-electron chi connectivity index (χ2n) is 5.68. The van der Waals surface area contributed by atoms with Crippen molar-refractivity contribution in [1.29, 1.82) is 0 Å². The van der Waals surface area contributed by atoms with E-state index in [1.807, 2.05) is 0 Å². The Bertz CT molecular complexity index is 255. The van der Waals surface area contributed by atoms with E-state index in [9.17, 15) is 4.79 Å². The van der Waals surface area contributed by atoms with Crippen LogP contribution in [0.3, 0.4) is 0 Å². The SMILES string of the molecule is CCC(CCN)CCC(=O)N1C(C)CCC1CC. The topological polar surface area (TPSA) is 46.3 Å². The summed E-state index contributed by atoms with van der Waals surface area (Å²) in [5.41, 5.74) is 5.60. The maximum atomic E-state index is 12.3. The Hall–Kier alpha value is -0.570. The Kier molecular flexibility index (Phi) is 6.69. The first-order valence-electron chi connectivity index (χ1n) is 7.65. The van der Waals surface area contributed by atoms with Crippen molar-refractivity contribution >= 4 is 5.91 Å². The van der Waals surface area contributed by atoms with Crippen LogP contribution < -0.4 is 5.73 Å². The molecule has 1 heterocycles. The Balaban J connectivity index is 2.43. The summed E-state index contributed by atoms with van der Waals surface area (Å²) in [6.45, 7) is 7.31. The van der Waals surface area contributed by atoms with E-state index < -0.39 is 0 Å². The number of amides is 1. The number of nitrogens with zero attached hydrogens (tertiary/aromatic N) is 1. The average Bonchev–Trinajstić information content (AvgIpc) is 2.75. The molecule has 1 aliphatic rings. The van der Waals surface area contributed by atoms with Gasteiger partial charge in [-0.05, 0) is 51.5 Å². The summed E-state index contributed by atoms with van der Waals surface area (Å²) in [4.78, 5) is 14.5. The number of hydrogen-bond acceptors (Lipinski definition) is 2. The van der Waals surface area contributed by atoms with E-state index in [4.69, 9.17) is 5.73 Å². The number of carbonyl (C=O) groups excluding carboxylic acids is 1. The number of hydrogen-bond donors (Lipinski definition) is 1. The molecule has 106 valence electrons. The van der Waals surface area contributed by atoms with Crippen molar-refractivity contribution in [2.45, 2.75) is 77.8 Å². The molecule has 0 aromatic carbocycles. The molecule has 1 aliphatic heterocycles. The highest BCUT2D eigenvalue weighted by molar-refractivity contribution is 5.77. The van der Waals surface area contributed by atoms with Gasteiger partial charge in [0.25, 0.3) is 0 Å². The van der Waals surface area contributed by atoms with Crippen LogP contribution in [0.4, 0.5) is 0 Å². The molecule has 1 amide bonds. The molecule has 0 bridgehead atoms. The molecule has 18 heavy (non-hydrogen) atoms. The second kappa shape index (κ2) is 7.78. The highest BCUT2D eigenvalue weighted by Crippen LogP contribution is 2.27. The minimum atomic E-state index is 0.363. The normalized spacial score (nSPS) is 25.4. The number of rotatable bonds is 7. The van der Waals surface area contributed by atoms with Gasteiger partial charge in [-0.25, -0.2) is 0 Å². The van der Waals surface area contributed by atoms with Crippen molar-refractivity contribution in [3.8, 4) is 0 Å². The summed E-state index contributed by atoms with van der Waals surface area (Å²) < 4.78 is 0. The van der Waals surface area contributed by atoms with Gasteiger partial charge in [-0.1, -0.05) is 20.3 Å². The van der Waals surface area contributed by atoms with Crippen LogP contribution in [0.1, 0.15) is 65.7 Å². The third-order valence-electron chi connectivity index (χ3n) is 4.46. The highest BCUT2D eigenvalue weighted by atomic mass is 16.2. The molecule has 0 aromatic rings. The molecule has 1 fully saturated rings. The van der Waals surface area contributed by atoms with Crippen molar-refractivity contribution in [2.75, 3.05) is 6.54 Å². The van der Waals surface area contributed by atoms with Gasteiger partial charge in [0.2, 0.25) is 5.91 Å². The van der Waals surface area contributed by atoms with Crippen molar-refractivity contribution in [3.63, 3.8) is 0 Å². The minimum absolute atomic E-state index is 0.363. The van der Waals surface area contributed by atoms with Gasteiger partial charge in [-0.2, -0.15) is 0 Å². The number of carbonyl (C=O) groups is 1. The quantitative estimate of drug-likeness (QED) is 0.759. The third kappa shape index (κ3) is 3.98. The zero-order valence-corrected chi connectivity index (χ0v) is 12.3. The van der Waals surface area contributed by atoms with Gasteiger partial charge in [0, 0.05) is 18.5 Å². The summed E-state index contributed by atoms with van der Waals surface area (Å²) in [6.07, 6.45) is 7.35. The van der Waals surface area contributed by atoms with Crippen molar-refractivity contribution in [1.82, 2.24) is 4.90 Å².